The molecule has 0 fully saturated rings. The van der Waals surface area contributed by atoms with Gasteiger partial charge in [0.15, 0.2) is 0 Å². The smallest absolute Gasteiger partial charge is 0.306 e. The lowest BCUT2D eigenvalue weighted by Crippen LogP contribution is -2.02. The lowest BCUT2D eigenvalue weighted by Gasteiger charge is -2.03. The van der Waals surface area contributed by atoms with Crippen LogP contribution in [-0.4, -0.2) is 12.6 Å². The molecule has 92 valence electrons. The van der Waals surface area contributed by atoms with Crippen LogP contribution in [0.4, 0.5) is 0 Å². The van der Waals surface area contributed by atoms with Crippen molar-refractivity contribution in [1.29, 1.82) is 0 Å². The van der Waals surface area contributed by atoms with Gasteiger partial charge in [0.25, 0.3) is 0 Å². The topological polar surface area (TPSA) is 26.3 Å². The van der Waals surface area contributed by atoms with Gasteiger partial charge in [0.1, 0.15) is 0 Å². The van der Waals surface area contributed by atoms with E-state index in [0.717, 1.165) is 6.42 Å². The van der Waals surface area contributed by atoms with Crippen LogP contribution in [0, 0.1) is 6.92 Å². The molecule has 0 spiro atoms. The Hall–Kier alpha value is -1.57. The molecule has 0 aliphatic heterocycles. The second-order valence-corrected chi connectivity index (χ2v) is 4.10. The molecular formula is C15H20O2. The Kier molecular flexibility index (Phi) is 5.47. The SMILES string of the molecule is CCOC(=O)CCC=C(C)c1ccc(C)cc1. The quantitative estimate of drug-likeness (QED) is 0.723. The summed E-state index contributed by atoms with van der Waals surface area (Å²) in [5, 5.41) is 0. The van der Waals surface area contributed by atoms with Crippen LogP contribution in [0.2, 0.25) is 0 Å². The van der Waals surface area contributed by atoms with E-state index in [1.54, 1.807) is 0 Å². The molecule has 2 heteroatoms. The molecule has 1 aromatic carbocycles. The van der Waals surface area contributed by atoms with E-state index in [2.05, 4.69) is 44.2 Å². The second-order valence-electron chi connectivity index (χ2n) is 4.10. The van der Waals surface area contributed by atoms with E-state index < -0.39 is 0 Å². The first kappa shape index (κ1) is 13.5. The molecule has 0 aliphatic carbocycles. The van der Waals surface area contributed by atoms with E-state index in [1.807, 2.05) is 6.92 Å². The molecular weight excluding hydrogens is 212 g/mol. The van der Waals surface area contributed by atoms with E-state index in [1.165, 1.54) is 16.7 Å². The molecule has 0 aliphatic rings. The van der Waals surface area contributed by atoms with Crippen LogP contribution in [0.5, 0.6) is 0 Å². The monoisotopic (exact) mass is 232 g/mol. The van der Waals surface area contributed by atoms with Crippen LogP contribution in [0.15, 0.2) is 30.3 Å². The highest BCUT2D eigenvalue weighted by molar-refractivity contribution is 5.70. The zero-order chi connectivity index (χ0) is 12.7. The van der Waals surface area contributed by atoms with Crippen molar-refractivity contribution in [3.63, 3.8) is 0 Å². The van der Waals surface area contributed by atoms with E-state index in [9.17, 15) is 4.79 Å². The minimum atomic E-state index is -0.125. The van der Waals surface area contributed by atoms with Crippen molar-refractivity contribution in [1.82, 2.24) is 0 Å². The van der Waals surface area contributed by atoms with Crippen molar-refractivity contribution in [3.05, 3.63) is 41.5 Å². The van der Waals surface area contributed by atoms with Crippen LogP contribution < -0.4 is 0 Å². The molecule has 1 rings (SSSR count). The fourth-order valence-corrected chi connectivity index (χ4v) is 1.57. The number of hydrogen-bond donors (Lipinski definition) is 0. The number of hydrogen-bond acceptors (Lipinski definition) is 2. The Morgan fingerprint density at radius 1 is 1.29 bits per heavy atom. The van der Waals surface area contributed by atoms with E-state index in [-0.39, 0.29) is 5.97 Å². The lowest BCUT2D eigenvalue weighted by atomic mass is 10.0. The van der Waals surface area contributed by atoms with Gasteiger partial charge in [-0.05, 0) is 38.3 Å². The highest BCUT2D eigenvalue weighted by atomic mass is 16.5. The summed E-state index contributed by atoms with van der Waals surface area (Å²) in [7, 11) is 0. The molecule has 0 saturated heterocycles. The zero-order valence-corrected chi connectivity index (χ0v) is 10.8. The number of rotatable bonds is 5. The highest BCUT2D eigenvalue weighted by Gasteiger charge is 2.00. The number of carbonyl (C=O) groups excluding carboxylic acids is 1. The van der Waals surface area contributed by atoms with Gasteiger partial charge in [-0.25, -0.2) is 0 Å². The van der Waals surface area contributed by atoms with Gasteiger partial charge in [-0.1, -0.05) is 35.9 Å². The van der Waals surface area contributed by atoms with E-state index in [4.69, 9.17) is 4.74 Å². The Labute approximate surface area is 103 Å². The average molecular weight is 232 g/mol. The maximum absolute atomic E-state index is 11.2. The molecule has 0 aromatic heterocycles. The van der Waals surface area contributed by atoms with Crippen LogP contribution in [0.25, 0.3) is 5.57 Å². The molecule has 0 unspecified atom stereocenters. The molecule has 0 radical (unpaired) electrons. The van der Waals surface area contributed by atoms with Crippen molar-refractivity contribution >= 4 is 11.5 Å². The van der Waals surface area contributed by atoms with Crippen molar-refractivity contribution in [2.75, 3.05) is 6.61 Å². The minimum Gasteiger partial charge on any atom is -0.466 e. The largest absolute Gasteiger partial charge is 0.466 e. The third kappa shape index (κ3) is 4.85. The molecule has 0 N–H and O–H groups in total. The van der Waals surface area contributed by atoms with Crippen LogP contribution in [0.3, 0.4) is 0 Å². The Bertz CT molecular complexity index is 388. The summed E-state index contributed by atoms with van der Waals surface area (Å²) >= 11 is 0. The molecule has 1 aromatic rings. The van der Waals surface area contributed by atoms with Gasteiger partial charge in [0, 0.05) is 6.42 Å². The van der Waals surface area contributed by atoms with Crippen molar-refractivity contribution in [3.8, 4) is 0 Å². The molecule has 2 nitrogen and oxygen atoms in total. The molecule has 0 bridgehead atoms. The zero-order valence-electron chi connectivity index (χ0n) is 10.8. The maximum atomic E-state index is 11.2. The highest BCUT2D eigenvalue weighted by Crippen LogP contribution is 2.15. The van der Waals surface area contributed by atoms with Gasteiger partial charge in [-0.15, -0.1) is 0 Å². The standard InChI is InChI=1S/C15H20O2/c1-4-17-15(16)7-5-6-13(3)14-10-8-12(2)9-11-14/h6,8-11H,4-5,7H2,1-3H3. The summed E-state index contributed by atoms with van der Waals surface area (Å²) in [6, 6.07) is 8.40. The first-order valence-corrected chi connectivity index (χ1v) is 6.03. The summed E-state index contributed by atoms with van der Waals surface area (Å²) in [5.41, 5.74) is 3.67. The molecule has 17 heavy (non-hydrogen) atoms. The maximum Gasteiger partial charge on any atom is 0.306 e. The fraction of sp³-hybridized carbons (Fsp3) is 0.400. The Morgan fingerprint density at radius 3 is 2.53 bits per heavy atom. The van der Waals surface area contributed by atoms with Gasteiger partial charge < -0.3 is 4.74 Å². The number of carbonyl (C=O) groups is 1. The van der Waals surface area contributed by atoms with Crippen LogP contribution in [0.1, 0.15) is 37.8 Å². The minimum absolute atomic E-state index is 0.125. The third-order valence-electron chi connectivity index (χ3n) is 2.61. The summed E-state index contributed by atoms with van der Waals surface area (Å²) in [4.78, 5) is 11.2. The molecule has 0 saturated carbocycles. The third-order valence-corrected chi connectivity index (χ3v) is 2.61. The number of allylic oxidation sites excluding steroid dienone is 2. The normalized spacial score (nSPS) is 11.4. The van der Waals surface area contributed by atoms with E-state index >= 15 is 0 Å². The van der Waals surface area contributed by atoms with Crippen molar-refractivity contribution in [2.24, 2.45) is 0 Å². The van der Waals surface area contributed by atoms with E-state index in [0.29, 0.717) is 13.0 Å². The van der Waals surface area contributed by atoms with Gasteiger partial charge in [0.05, 0.1) is 6.61 Å². The van der Waals surface area contributed by atoms with Crippen LogP contribution >= 0.6 is 0 Å². The first-order chi connectivity index (χ1) is 8.13. The summed E-state index contributed by atoms with van der Waals surface area (Å²) < 4.78 is 4.88. The Balaban J connectivity index is 2.49. The molecule has 0 atom stereocenters. The summed E-state index contributed by atoms with van der Waals surface area (Å²) in [6.07, 6.45) is 3.27. The van der Waals surface area contributed by atoms with Gasteiger partial charge in [-0.2, -0.15) is 0 Å². The summed E-state index contributed by atoms with van der Waals surface area (Å²) in [5.74, 6) is -0.125. The summed E-state index contributed by atoms with van der Waals surface area (Å²) in [6.45, 7) is 6.42. The fourth-order valence-electron chi connectivity index (χ4n) is 1.57. The van der Waals surface area contributed by atoms with Gasteiger partial charge in [-0.3, -0.25) is 4.79 Å². The van der Waals surface area contributed by atoms with Gasteiger partial charge >= 0.3 is 5.97 Å². The van der Waals surface area contributed by atoms with Crippen molar-refractivity contribution in [2.45, 2.75) is 33.6 Å². The predicted octanol–water partition coefficient (Wildman–Crippen LogP) is 3.74. The van der Waals surface area contributed by atoms with Crippen LogP contribution in [-0.2, 0) is 9.53 Å². The predicted molar refractivity (Wildman–Crippen MR) is 70.7 cm³/mol. The van der Waals surface area contributed by atoms with Crippen molar-refractivity contribution < 1.29 is 9.53 Å². The number of esters is 1. The molecule has 0 heterocycles. The number of aryl methyl sites for hydroxylation is 1. The first-order valence-electron chi connectivity index (χ1n) is 6.03. The van der Waals surface area contributed by atoms with Gasteiger partial charge in [0.2, 0.25) is 0 Å². The Morgan fingerprint density at radius 2 is 1.94 bits per heavy atom. The second kappa shape index (κ2) is 6.89. The lowest BCUT2D eigenvalue weighted by molar-refractivity contribution is -0.142. The molecule has 0 amide bonds. The number of benzene rings is 1. The average Bonchev–Trinajstić information content (AvgIpc) is 2.30. The number of ether oxygens (including phenoxy) is 1.